The van der Waals surface area contributed by atoms with E-state index in [1.807, 2.05) is 18.2 Å². The number of ether oxygens (including phenoxy) is 1. The van der Waals surface area contributed by atoms with Gasteiger partial charge in [-0.2, -0.15) is 0 Å². The van der Waals surface area contributed by atoms with Gasteiger partial charge in [-0.05, 0) is 5.56 Å². The van der Waals surface area contributed by atoms with Gasteiger partial charge in [-0.25, -0.2) is 0 Å². The summed E-state index contributed by atoms with van der Waals surface area (Å²) in [5.74, 6) is 0. The van der Waals surface area contributed by atoms with Crippen molar-refractivity contribution in [2.75, 3.05) is 6.61 Å². The Hall–Kier alpha value is -0.770. The van der Waals surface area contributed by atoms with Crippen LogP contribution in [0.1, 0.15) is 11.6 Å². The Morgan fingerprint density at radius 2 is 2.15 bits per heavy atom. The number of thiocarbonyl (C=S) groups is 1. The number of nitrogens with one attached hydrogen (secondary N) is 1. The smallest absolute Gasteiger partial charge is 0.138 e. The number of hydrogen-bond donors (Lipinski definition) is 1. The summed E-state index contributed by atoms with van der Waals surface area (Å²) < 4.78 is 5.40. The molecule has 0 radical (unpaired) electrons. The first kappa shape index (κ1) is 8.81. The van der Waals surface area contributed by atoms with Gasteiger partial charge in [0.05, 0.1) is 12.6 Å². The van der Waals surface area contributed by atoms with Crippen molar-refractivity contribution >= 4 is 17.6 Å². The second-order valence-electron chi connectivity index (χ2n) is 3.02. The van der Waals surface area contributed by atoms with Crippen LogP contribution in [0.2, 0.25) is 0 Å². The number of benzene rings is 1. The second-order valence-corrected chi connectivity index (χ2v) is 3.29. The Bertz CT molecular complexity index is 288. The lowest BCUT2D eigenvalue weighted by molar-refractivity contribution is 0.154. The first-order valence-corrected chi connectivity index (χ1v) is 4.75. The fourth-order valence-electron chi connectivity index (χ4n) is 1.45. The maximum absolute atomic E-state index is 5.40. The van der Waals surface area contributed by atoms with Crippen LogP contribution in [-0.4, -0.2) is 18.2 Å². The second kappa shape index (κ2) is 3.96. The molecular formula is C10H11NOS. The molecule has 68 valence electrons. The predicted molar refractivity (Wildman–Crippen MR) is 55.7 cm³/mol. The van der Waals surface area contributed by atoms with Gasteiger partial charge in [0.1, 0.15) is 6.23 Å². The average molecular weight is 193 g/mol. The zero-order valence-electron chi connectivity index (χ0n) is 7.14. The summed E-state index contributed by atoms with van der Waals surface area (Å²) >= 11 is 4.80. The Labute approximate surface area is 82.9 Å². The minimum atomic E-state index is -0.0693. The maximum Gasteiger partial charge on any atom is 0.138 e. The summed E-state index contributed by atoms with van der Waals surface area (Å²) in [6.45, 7) is 0.696. The molecule has 1 unspecified atom stereocenters. The van der Waals surface area contributed by atoms with Crippen molar-refractivity contribution in [1.29, 1.82) is 0 Å². The zero-order chi connectivity index (χ0) is 9.10. The number of rotatable bonds is 2. The third-order valence-corrected chi connectivity index (χ3v) is 2.38. The molecule has 3 heteroatoms. The van der Waals surface area contributed by atoms with Gasteiger partial charge in [0.2, 0.25) is 0 Å². The van der Waals surface area contributed by atoms with E-state index in [9.17, 15) is 0 Å². The van der Waals surface area contributed by atoms with Crippen LogP contribution < -0.4 is 5.32 Å². The molecule has 13 heavy (non-hydrogen) atoms. The molecule has 0 saturated carbocycles. The molecule has 1 aliphatic rings. The van der Waals surface area contributed by atoms with Gasteiger partial charge in [-0.15, -0.1) is 0 Å². The van der Waals surface area contributed by atoms with Gasteiger partial charge in [0.25, 0.3) is 0 Å². The van der Waals surface area contributed by atoms with Gasteiger partial charge in [0, 0.05) is 5.37 Å². The van der Waals surface area contributed by atoms with E-state index < -0.39 is 0 Å². The summed E-state index contributed by atoms with van der Waals surface area (Å²) in [5.41, 5.74) is 1.25. The van der Waals surface area contributed by atoms with Crippen LogP contribution in [0.3, 0.4) is 0 Å². The van der Waals surface area contributed by atoms with E-state index in [0.29, 0.717) is 6.61 Å². The Morgan fingerprint density at radius 1 is 1.38 bits per heavy atom. The van der Waals surface area contributed by atoms with Crippen LogP contribution in [0, 0.1) is 0 Å². The molecule has 1 saturated heterocycles. The maximum atomic E-state index is 5.40. The zero-order valence-corrected chi connectivity index (χ0v) is 7.96. The summed E-state index contributed by atoms with van der Waals surface area (Å²) in [4.78, 5) is 0. The van der Waals surface area contributed by atoms with Crippen molar-refractivity contribution in [3.63, 3.8) is 0 Å². The van der Waals surface area contributed by atoms with Gasteiger partial charge in [-0.3, -0.25) is 5.32 Å². The molecule has 0 aromatic heterocycles. The Balaban J connectivity index is 2.08. The van der Waals surface area contributed by atoms with E-state index in [0.717, 1.165) is 0 Å². The van der Waals surface area contributed by atoms with Crippen molar-refractivity contribution in [3.05, 3.63) is 35.9 Å². The third-order valence-electron chi connectivity index (χ3n) is 2.13. The van der Waals surface area contributed by atoms with Crippen LogP contribution in [-0.2, 0) is 4.74 Å². The lowest BCUT2D eigenvalue weighted by Gasteiger charge is -2.08. The van der Waals surface area contributed by atoms with Gasteiger partial charge < -0.3 is 4.74 Å². The summed E-state index contributed by atoms with van der Waals surface area (Å²) in [6.07, 6.45) is -0.0693. The number of hydrogen-bond acceptors (Lipinski definition) is 3. The van der Waals surface area contributed by atoms with Gasteiger partial charge in [-0.1, -0.05) is 42.5 Å². The van der Waals surface area contributed by atoms with Gasteiger partial charge in [0.15, 0.2) is 0 Å². The highest BCUT2D eigenvalue weighted by Gasteiger charge is 2.23. The van der Waals surface area contributed by atoms with Crippen LogP contribution in [0.25, 0.3) is 0 Å². The molecule has 0 aliphatic carbocycles. The molecule has 2 nitrogen and oxygen atoms in total. The first-order chi connectivity index (χ1) is 6.40. The van der Waals surface area contributed by atoms with E-state index in [2.05, 4.69) is 17.4 Å². The van der Waals surface area contributed by atoms with Crippen molar-refractivity contribution in [2.45, 2.75) is 12.3 Å². The Kier molecular flexibility index (Phi) is 2.68. The molecule has 1 N–H and O–H groups in total. The highest BCUT2D eigenvalue weighted by Crippen LogP contribution is 2.18. The minimum absolute atomic E-state index is 0.0693. The van der Waals surface area contributed by atoms with E-state index in [-0.39, 0.29) is 12.3 Å². The lowest BCUT2D eigenvalue weighted by atomic mass is 10.1. The SMILES string of the molecule is S=CC1N[C@@H](c2ccccc2)CO1. The molecule has 2 atom stereocenters. The molecular weight excluding hydrogens is 182 g/mol. The van der Waals surface area contributed by atoms with Crippen molar-refractivity contribution in [2.24, 2.45) is 0 Å². The van der Waals surface area contributed by atoms with Gasteiger partial charge >= 0.3 is 0 Å². The van der Waals surface area contributed by atoms with Crippen LogP contribution >= 0.6 is 12.2 Å². The molecule has 0 spiro atoms. The normalized spacial score (nSPS) is 27.4. The lowest BCUT2D eigenvalue weighted by Crippen LogP contribution is -2.25. The van der Waals surface area contributed by atoms with Crippen LogP contribution in [0.15, 0.2) is 30.3 Å². The fraction of sp³-hybridized carbons (Fsp3) is 0.300. The standard InChI is InChI=1S/C10H11NOS/c13-7-10-11-9(6-12-10)8-4-2-1-3-5-8/h1-5,7,9-11H,6H2/t9-,10?/m1/s1. The molecule has 1 aliphatic heterocycles. The molecule has 1 heterocycles. The van der Waals surface area contributed by atoms with Crippen molar-refractivity contribution < 1.29 is 4.74 Å². The summed E-state index contributed by atoms with van der Waals surface area (Å²) in [7, 11) is 0. The highest BCUT2D eigenvalue weighted by molar-refractivity contribution is 7.79. The molecule has 0 amide bonds. The first-order valence-electron chi connectivity index (χ1n) is 4.28. The van der Waals surface area contributed by atoms with E-state index >= 15 is 0 Å². The summed E-state index contributed by atoms with van der Waals surface area (Å²) in [5, 5.41) is 4.89. The monoisotopic (exact) mass is 193 g/mol. The van der Waals surface area contributed by atoms with E-state index in [1.165, 1.54) is 5.56 Å². The van der Waals surface area contributed by atoms with Crippen LogP contribution in [0.4, 0.5) is 0 Å². The minimum Gasteiger partial charge on any atom is -0.357 e. The van der Waals surface area contributed by atoms with E-state index in [4.69, 9.17) is 17.0 Å². The Morgan fingerprint density at radius 3 is 2.77 bits per heavy atom. The molecule has 1 aromatic carbocycles. The predicted octanol–water partition coefficient (Wildman–Crippen LogP) is 1.67. The molecule has 2 rings (SSSR count). The van der Waals surface area contributed by atoms with E-state index in [1.54, 1.807) is 5.37 Å². The topological polar surface area (TPSA) is 21.3 Å². The van der Waals surface area contributed by atoms with Crippen LogP contribution in [0.5, 0.6) is 0 Å². The fourth-order valence-corrected chi connectivity index (χ4v) is 1.61. The van der Waals surface area contributed by atoms with Crippen molar-refractivity contribution in [1.82, 2.24) is 5.32 Å². The largest absolute Gasteiger partial charge is 0.357 e. The van der Waals surface area contributed by atoms with Crippen molar-refractivity contribution in [3.8, 4) is 0 Å². The highest BCUT2D eigenvalue weighted by atomic mass is 32.1. The quantitative estimate of drug-likeness (QED) is 0.722. The molecule has 1 aromatic rings. The molecule has 0 bridgehead atoms. The third kappa shape index (κ3) is 1.94. The molecule has 1 fully saturated rings. The summed E-state index contributed by atoms with van der Waals surface area (Å²) in [6, 6.07) is 10.5. The average Bonchev–Trinajstić information content (AvgIpc) is 2.67.